The van der Waals surface area contributed by atoms with Gasteiger partial charge in [0.25, 0.3) is 0 Å². The van der Waals surface area contributed by atoms with Crippen LogP contribution in [0, 0.1) is 0 Å². The van der Waals surface area contributed by atoms with Crippen molar-refractivity contribution in [1.82, 2.24) is 14.9 Å². The number of carbonyl (C=O) groups excluding carboxylic acids is 1. The van der Waals surface area contributed by atoms with Crippen molar-refractivity contribution in [2.75, 3.05) is 13.2 Å². The summed E-state index contributed by atoms with van der Waals surface area (Å²) in [6.45, 7) is 7.67. The van der Waals surface area contributed by atoms with E-state index in [1.165, 1.54) is 5.56 Å². The van der Waals surface area contributed by atoms with E-state index in [1.807, 2.05) is 23.9 Å². The summed E-state index contributed by atoms with van der Waals surface area (Å²) in [6.07, 6.45) is 5.61. The molecule has 2 aromatic rings. The number of carbonyl (C=O) groups is 1. The molecule has 0 aliphatic rings. The molecular weight excluding hydrogens is 394 g/mol. The summed E-state index contributed by atoms with van der Waals surface area (Å²) < 4.78 is 8.64. The summed E-state index contributed by atoms with van der Waals surface area (Å²) in [7, 11) is 1.93. The Bertz CT molecular complexity index is 735. The molecule has 1 aromatic heterocycles. The van der Waals surface area contributed by atoms with E-state index in [2.05, 4.69) is 59.1 Å². The molecule has 0 bridgehead atoms. The molecule has 1 aromatic carbocycles. The van der Waals surface area contributed by atoms with Crippen molar-refractivity contribution in [3.8, 4) is 5.75 Å². The summed E-state index contributed by atoms with van der Waals surface area (Å²) in [5.74, 6) is 0.861. The van der Waals surface area contributed by atoms with E-state index in [0.29, 0.717) is 26.0 Å². The number of hydrogen-bond acceptors (Lipinski definition) is 3. The van der Waals surface area contributed by atoms with Crippen molar-refractivity contribution in [3.05, 3.63) is 46.5 Å². The Morgan fingerprint density at radius 2 is 2.12 bits per heavy atom. The molecule has 1 amide bonds. The first-order valence-electron chi connectivity index (χ1n) is 8.92. The fourth-order valence-electron chi connectivity index (χ4n) is 2.51. The Morgan fingerprint density at radius 3 is 2.73 bits per heavy atom. The van der Waals surface area contributed by atoms with E-state index in [0.717, 1.165) is 22.3 Å². The largest absolute Gasteiger partial charge is 0.492 e. The monoisotopic (exact) mass is 421 g/mol. The van der Waals surface area contributed by atoms with Crippen LogP contribution in [0.3, 0.4) is 0 Å². The molecule has 0 saturated carbocycles. The normalized spacial score (nSPS) is 11.4. The Hall–Kier alpha value is -1.82. The summed E-state index contributed by atoms with van der Waals surface area (Å²) in [5.41, 5.74) is 2.35. The molecule has 5 nitrogen and oxygen atoms in total. The lowest BCUT2D eigenvalue weighted by Crippen LogP contribution is -2.25. The van der Waals surface area contributed by atoms with E-state index >= 15 is 0 Å². The van der Waals surface area contributed by atoms with Crippen molar-refractivity contribution in [2.24, 2.45) is 7.05 Å². The summed E-state index contributed by atoms with van der Waals surface area (Å²) in [5, 5.41) is 2.92. The zero-order chi connectivity index (χ0) is 19.2. The molecule has 142 valence electrons. The number of amides is 1. The van der Waals surface area contributed by atoms with Crippen LogP contribution in [-0.4, -0.2) is 28.6 Å². The van der Waals surface area contributed by atoms with Crippen LogP contribution in [0.5, 0.6) is 5.75 Å². The lowest BCUT2D eigenvalue weighted by molar-refractivity contribution is -0.121. The van der Waals surface area contributed by atoms with Gasteiger partial charge in [-0.3, -0.25) is 4.79 Å². The second kappa shape index (κ2) is 9.21. The molecule has 0 atom stereocenters. The van der Waals surface area contributed by atoms with Crippen LogP contribution in [0.4, 0.5) is 0 Å². The second-order valence-electron chi connectivity index (χ2n) is 7.48. The molecule has 0 fully saturated rings. The highest BCUT2D eigenvalue weighted by Crippen LogP contribution is 2.31. The lowest BCUT2D eigenvalue weighted by Gasteiger charge is -2.20. The maximum atomic E-state index is 11.9. The highest BCUT2D eigenvalue weighted by atomic mass is 79.9. The first-order valence-corrected chi connectivity index (χ1v) is 9.71. The third-order valence-corrected chi connectivity index (χ3v) is 4.69. The van der Waals surface area contributed by atoms with Gasteiger partial charge in [-0.2, -0.15) is 0 Å². The zero-order valence-corrected chi connectivity index (χ0v) is 17.6. The van der Waals surface area contributed by atoms with Gasteiger partial charge in [0.2, 0.25) is 5.91 Å². The predicted octanol–water partition coefficient (Wildman–Crippen LogP) is 4.00. The minimum atomic E-state index is 0.0478. The lowest BCUT2D eigenvalue weighted by atomic mass is 9.87. The maximum Gasteiger partial charge on any atom is 0.220 e. The van der Waals surface area contributed by atoms with Crippen LogP contribution in [0.15, 0.2) is 35.2 Å². The molecule has 1 N–H and O–H groups in total. The molecule has 0 spiro atoms. The molecule has 1 heterocycles. The number of nitrogens with one attached hydrogen (secondary N) is 1. The number of ether oxygens (including phenoxy) is 1. The van der Waals surface area contributed by atoms with E-state index < -0.39 is 0 Å². The van der Waals surface area contributed by atoms with E-state index in [4.69, 9.17) is 4.74 Å². The van der Waals surface area contributed by atoms with Crippen LogP contribution in [0.25, 0.3) is 0 Å². The van der Waals surface area contributed by atoms with Crippen molar-refractivity contribution in [2.45, 2.75) is 45.4 Å². The average molecular weight is 422 g/mol. The Balaban J connectivity index is 1.66. The average Bonchev–Trinajstić information content (AvgIpc) is 2.97. The zero-order valence-electron chi connectivity index (χ0n) is 16.0. The number of aryl methyl sites for hydroxylation is 1. The van der Waals surface area contributed by atoms with Crippen LogP contribution in [0.2, 0.25) is 0 Å². The highest BCUT2D eigenvalue weighted by Gasteiger charge is 2.15. The number of halogens is 1. The van der Waals surface area contributed by atoms with Crippen LogP contribution >= 0.6 is 15.9 Å². The van der Waals surface area contributed by atoms with Gasteiger partial charge in [0.1, 0.15) is 5.75 Å². The Morgan fingerprint density at radius 1 is 1.35 bits per heavy atom. The third-order valence-electron chi connectivity index (χ3n) is 4.07. The van der Waals surface area contributed by atoms with Gasteiger partial charge in [0.05, 0.1) is 23.1 Å². The van der Waals surface area contributed by atoms with E-state index in [9.17, 15) is 4.79 Å². The van der Waals surface area contributed by atoms with Gasteiger partial charge in [-0.15, -0.1) is 0 Å². The standard InChI is InChI=1S/C20H28BrN3O2/c1-20(2,3)15-7-8-18(17(21)12-15)26-11-5-6-19(25)22-10-9-16-13-24(4)14-23-16/h7-8,12-14H,5-6,9-11H2,1-4H3,(H,22,25). The molecule has 0 aliphatic carbocycles. The highest BCUT2D eigenvalue weighted by molar-refractivity contribution is 9.10. The molecule has 2 rings (SSSR count). The van der Waals surface area contributed by atoms with Crippen molar-refractivity contribution in [3.63, 3.8) is 0 Å². The quantitative estimate of drug-likeness (QED) is 0.655. The SMILES string of the molecule is Cn1cnc(CCNC(=O)CCCOc2ccc(C(C)(C)C)cc2Br)c1. The van der Waals surface area contributed by atoms with Gasteiger partial charge < -0.3 is 14.6 Å². The summed E-state index contributed by atoms with van der Waals surface area (Å²) in [4.78, 5) is 16.1. The Kier molecular flexibility index (Phi) is 7.26. The van der Waals surface area contributed by atoms with Crippen LogP contribution in [-0.2, 0) is 23.7 Å². The maximum absolute atomic E-state index is 11.9. The van der Waals surface area contributed by atoms with Crippen molar-refractivity contribution >= 4 is 21.8 Å². The van der Waals surface area contributed by atoms with Gasteiger partial charge in [0, 0.05) is 32.6 Å². The smallest absolute Gasteiger partial charge is 0.220 e. The van der Waals surface area contributed by atoms with E-state index in [1.54, 1.807) is 6.33 Å². The van der Waals surface area contributed by atoms with Gasteiger partial charge >= 0.3 is 0 Å². The number of imidazole rings is 1. The van der Waals surface area contributed by atoms with Gasteiger partial charge in [0.15, 0.2) is 0 Å². The molecule has 6 heteroatoms. The third kappa shape index (κ3) is 6.48. The number of aromatic nitrogens is 2. The van der Waals surface area contributed by atoms with Crippen molar-refractivity contribution in [1.29, 1.82) is 0 Å². The Labute approximate surface area is 164 Å². The summed E-state index contributed by atoms with van der Waals surface area (Å²) >= 11 is 3.57. The van der Waals surface area contributed by atoms with E-state index in [-0.39, 0.29) is 11.3 Å². The number of hydrogen-bond donors (Lipinski definition) is 1. The van der Waals surface area contributed by atoms with Gasteiger partial charge in [-0.25, -0.2) is 4.98 Å². The molecule has 0 aliphatic heterocycles. The second-order valence-corrected chi connectivity index (χ2v) is 8.33. The molecular formula is C20H28BrN3O2. The fraction of sp³-hybridized carbons (Fsp3) is 0.500. The minimum Gasteiger partial charge on any atom is -0.492 e. The summed E-state index contributed by atoms with van der Waals surface area (Å²) in [6, 6.07) is 6.17. The van der Waals surface area contributed by atoms with Crippen LogP contribution in [0.1, 0.15) is 44.9 Å². The number of nitrogens with zero attached hydrogens (tertiary/aromatic N) is 2. The molecule has 0 radical (unpaired) electrons. The fourth-order valence-corrected chi connectivity index (χ4v) is 3.01. The molecule has 26 heavy (non-hydrogen) atoms. The number of rotatable bonds is 8. The number of benzene rings is 1. The molecule has 0 unspecified atom stereocenters. The van der Waals surface area contributed by atoms with Gasteiger partial charge in [-0.1, -0.05) is 26.8 Å². The molecule has 0 saturated heterocycles. The van der Waals surface area contributed by atoms with Crippen molar-refractivity contribution < 1.29 is 9.53 Å². The first kappa shape index (κ1) is 20.5. The van der Waals surface area contributed by atoms with Crippen LogP contribution < -0.4 is 10.1 Å². The predicted molar refractivity (Wildman–Crippen MR) is 107 cm³/mol. The van der Waals surface area contributed by atoms with Gasteiger partial charge in [-0.05, 0) is 45.5 Å². The topological polar surface area (TPSA) is 56.2 Å². The first-order chi connectivity index (χ1) is 12.3. The minimum absolute atomic E-state index is 0.0478.